The SMILES string of the molecule is O=C(Nc1cccc(Br)c1)C1CCCNC1. The summed E-state index contributed by atoms with van der Waals surface area (Å²) in [6, 6.07) is 7.67. The van der Waals surface area contributed by atoms with Crippen LogP contribution < -0.4 is 10.6 Å². The van der Waals surface area contributed by atoms with Crippen LogP contribution in [0, 0.1) is 5.92 Å². The Morgan fingerprint density at radius 2 is 2.38 bits per heavy atom. The zero-order valence-corrected chi connectivity index (χ0v) is 10.6. The summed E-state index contributed by atoms with van der Waals surface area (Å²) in [5.41, 5.74) is 0.852. The Kier molecular flexibility index (Phi) is 3.96. The molecule has 86 valence electrons. The number of rotatable bonds is 2. The predicted octanol–water partition coefficient (Wildman–Crippen LogP) is 2.39. The number of hydrogen-bond acceptors (Lipinski definition) is 2. The number of nitrogens with one attached hydrogen (secondary N) is 2. The number of carbonyl (C=O) groups is 1. The van der Waals surface area contributed by atoms with E-state index in [1.807, 2.05) is 24.3 Å². The van der Waals surface area contributed by atoms with E-state index < -0.39 is 0 Å². The van der Waals surface area contributed by atoms with Gasteiger partial charge in [0.05, 0.1) is 5.92 Å². The molecule has 1 aromatic rings. The fraction of sp³-hybridized carbons (Fsp3) is 0.417. The number of carbonyl (C=O) groups excluding carboxylic acids is 1. The lowest BCUT2D eigenvalue weighted by atomic mass is 9.99. The first kappa shape index (κ1) is 11.6. The van der Waals surface area contributed by atoms with Gasteiger partial charge in [-0.05, 0) is 37.6 Å². The summed E-state index contributed by atoms with van der Waals surface area (Å²) in [6.07, 6.45) is 2.06. The summed E-state index contributed by atoms with van der Waals surface area (Å²) in [5.74, 6) is 0.220. The van der Waals surface area contributed by atoms with Gasteiger partial charge in [-0.1, -0.05) is 22.0 Å². The molecule has 0 saturated carbocycles. The average molecular weight is 283 g/mol. The highest BCUT2D eigenvalue weighted by Crippen LogP contribution is 2.18. The van der Waals surface area contributed by atoms with Crippen molar-refractivity contribution in [3.05, 3.63) is 28.7 Å². The van der Waals surface area contributed by atoms with Crippen LogP contribution in [0.15, 0.2) is 28.7 Å². The van der Waals surface area contributed by atoms with Crippen LogP contribution >= 0.6 is 15.9 Å². The van der Waals surface area contributed by atoms with Crippen molar-refractivity contribution < 1.29 is 4.79 Å². The highest BCUT2D eigenvalue weighted by Gasteiger charge is 2.20. The van der Waals surface area contributed by atoms with Crippen LogP contribution in [0.4, 0.5) is 5.69 Å². The van der Waals surface area contributed by atoms with Gasteiger partial charge in [-0.25, -0.2) is 0 Å². The van der Waals surface area contributed by atoms with E-state index in [1.54, 1.807) is 0 Å². The minimum atomic E-state index is 0.104. The standard InChI is InChI=1S/C12H15BrN2O/c13-10-4-1-5-11(7-10)15-12(16)9-3-2-6-14-8-9/h1,4-5,7,9,14H,2-3,6,8H2,(H,15,16). The van der Waals surface area contributed by atoms with Crippen LogP contribution in [-0.2, 0) is 4.79 Å². The van der Waals surface area contributed by atoms with Crippen molar-refractivity contribution in [3.8, 4) is 0 Å². The summed E-state index contributed by atoms with van der Waals surface area (Å²) in [5, 5.41) is 6.19. The number of halogens is 1. The topological polar surface area (TPSA) is 41.1 Å². The maximum atomic E-state index is 11.9. The summed E-state index contributed by atoms with van der Waals surface area (Å²) >= 11 is 3.38. The van der Waals surface area contributed by atoms with Crippen LogP contribution in [0.5, 0.6) is 0 Å². The van der Waals surface area contributed by atoms with E-state index in [0.717, 1.165) is 36.1 Å². The van der Waals surface area contributed by atoms with E-state index >= 15 is 0 Å². The van der Waals surface area contributed by atoms with Gasteiger partial charge in [0.2, 0.25) is 5.91 Å². The lowest BCUT2D eigenvalue weighted by Crippen LogP contribution is -2.37. The van der Waals surface area contributed by atoms with E-state index in [-0.39, 0.29) is 11.8 Å². The molecule has 1 unspecified atom stereocenters. The fourth-order valence-corrected chi connectivity index (χ4v) is 2.29. The van der Waals surface area contributed by atoms with Gasteiger partial charge in [-0.3, -0.25) is 4.79 Å². The third-order valence-electron chi connectivity index (χ3n) is 2.76. The molecule has 1 saturated heterocycles. The largest absolute Gasteiger partial charge is 0.326 e. The van der Waals surface area contributed by atoms with Crippen LogP contribution in [0.25, 0.3) is 0 Å². The first-order valence-corrected chi connectivity index (χ1v) is 6.32. The van der Waals surface area contributed by atoms with Gasteiger partial charge < -0.3 is 10.6 Å². The van der Waals surface area contributed by atoms with Gasteiger partial charge in [-0.2, -0.15) is 0 Å². The molecule has 1 amide bonds. The van der Waals surface area contributed by atoms with E-state index in [1.165, 1.54) is 0 Å². The number of anilines is 1. The molecule has 0 aromatic heterocycles. The van der Waals surface area contributed by atoms with Crippen LogP contribution in [0.1, 0.15) is 12.8 Å². The molecule has 2 N–H and O–H groups in total. The summed E-state index contributed by atoms with van der Waals surface area (Å²) in [7, 11) is 0. The highest BCUT2D eigenvalue weighted by atomic mass is 79.9. The lowest BCUT2D eigenvalue weighted by Gasteiger charge is -2.21. The van der Waals surface area contributed by atoms with Crippen molar-refractivity contribution in [3.63, 3.8) is 0 Å². The van der Waals surface area contributed by atoms with E-state index in [4.69, 9.17) is 0 Å². The third kappa shape index (κ3) is 3.06. The molecule has 1 aliphatic rings. The van der Waals surface area contributed by atoms with E-state index in [2.05, 4.69) is 26.6 Å². The van der Waals surface area contributed by atoms with Gasteiger partial charge in [0, 0.05) is 16.7 Å². The Labute approximate surface area is 104 Å². The van der Waals surface area contributed by atoms with Crippen LogP contribution in [-0.4, -0.2) is 19.0 Å². The molecule has 1 aromatic carbocycles. The summed E-state index contributed by atoms with van der Waals surface area (Å²) in [4.78, 5) is 11.9. The number of benzene rings is 1. The number of piperidine rings is 1. The second-order valence-corrected chi connectivity index (χ2v) is 4.96. The first-order chi connectivity index (χ1) is 7.75. The maximum Gasteiger partial charge on any atom is 0.228 e. The molecule has 4 heteroatoms. The fourth-order valence-electron chi connectivity index (χ4n) is 1.89. The summed E-state index contributed by atoms with van der Waals surface area (Å²) < 4.78 is 0.979. The lowest BCUT2D eigenvalue weighted by molar-refractivity contribution is -0.120. The molecule has 16 heavy (non-hydrogen) atoms. The van der Waals surface area contributed by atoms with Gasteiger partial charge >= 0.3 is 0 Å². The highest BCUT2D eigenvalue weighted by molar-refractivity contribution is 9.10. The zero-order valence-electron chi connectivity index (χ0n) is 9.00. The average Bonchev–Trinajstić information content (AvgIpc) is 2.30. The Balaban J connectivity index is 1.96. The molecule has 0 radical (unpaired) electrons. The number of hydrogen-bond donors (Lipinski definition) is 2. The summed E-state index contributed by atoms with van der Waals surface area (Å²) in [6.45, 7) is 1.82. The normalized spacial score (nSPS) is 20.4. The second-order valence-electron chi connectivity index (χ2n) is 4.04. The van der Waals surface area contributed by atoms with Crippen molar-refractivity contribution >= 4 is 27.5 Å². The molecular weight excluding hydrogens is 268 g/mol. The van der Waals surface area contributed by atoms with Crippen LogP contribution in [0.2, 0.25) is 0 Å². The van der Waals surface area contributed by atoms with Gasteiger partial charge in [0.1, 0.15) is 0 Å². The number of amides is 1. The molecule has 0 spiro atoms. The Bertz CT molecular complexity index is 375. The van der Waals surface area contributed by atoms with Crippen molar-refractivity contribution in [1.29, 1.82) is 0 Å². The van der Waals surface area contributed by atoms with E-state index in [9.17, 15) is 4.79 Å². The van der Waals surface area contributed by atoms with Gasteiger partial charge in [-0.15, -0.1) is 0 Å². The van der Waals surface area contributed by atoms with Crippen molar-refractivity contribution in [2.75, 3.05) is 18.4 Å². The molecule has 1 fully saturated rings. The zero-order chi connectivity index (χ0) is 11.4. The molecule has 1 atom stereocenters. The minimum Gasteiger partial charge on any atom is -0.326 e. The monoisotopic (exact) mass is 282 g/mol. The maximum absolute atomic E-state index is 11.9. The Hall–Kier alpha value is -0.870. The molecule has 2 rings (SSSR count). The quantitative estimate of drug-likeness (QED) is 0.875. The first-order valence-electron chi connectivity index (χ1n) is 5.53. The van der Waals surface area contributed by atoms with Crippen LogP contribution in [0.3, 0.4) is 0 Å². The third-order valence-corrected chi connectivity index (χ3v) is 3.25. The van der Waals surface area contributed by atoms with Gasteiger partial charge in [0.15, 0.2) is 0 Å². The van der Waals surface area contributed by atoms with Crippen molar-refractivity contribution in [2.45, 2.75) is 12.8 Å². The van der Waals surface area contributed by atoms with Crippen molar-refractivity contribution in [2.24, 2.45) is 5.92 Å². The molecule has 0 aliphatic carbocycles. The molecule has 0 bridgehead atoms. The Morgan fingerprint density at radius 1 is 1.50 bits per heavy atom. The predicted molar refractivity (Wildman–Crippen MR) is 68.4 cm³/mol. The minimum absolute atomic E-state index is 0.104. The van der Waals surface area contributed by atoms with E-state index in [0.29, 0.717) is 0 Å². The smallest absolute Gasteiger partial charge is 0.228 e. The molecule has 1 heterocycles. The Morgan fingerprint density at radius 3 is 3.06 bits per heavy atom. The molecular formula is C12H15BrN2O. The molecule has 1 aliphatic heterocycles. The molecule has 3 nitrogen and oxygen atoms in total. The van der Waals surface area contributed by atoms with Crippen molar-refractivity contribution in [1.82, 2.24) is 5.32 Å². The second kappa shape index (κ2) is 5.46. The van der Waals surface area contributed by atoms with Gasteiger partial charge in [0.25, 0.3) is 0 Å².